The molecule has 0 fully saturated rings. The van der Waals surface area contributed by atoms with Gasteiger partial charge in [-0.1, -0.05) is 18.2 Å². The van der Waals surface area contributed by atoms with Crippen LogP contribution in [-0.2, 0) is 6.54 Å². The number of aromatic nitrogens is 4. The van der Waals surface area contributed by atoms with E-state index >= 15 is 0 Å². The molecule has 0 saturated heterocycles. The lowest BCUT2D eigenvalue weighted by Crippen LogP contribution is -2.31. The molecule has 0 unspecified atom stereocenters. The molecule has 0 atom stereocenters. The van der Waals surface area contributed by atoms with E-state index in [4.69, 9.17) is 0 Å². The average molecular weight is 402 g/mol. The van der Waals surface area contributed by atoms with E-state index in [1.165, 1.54) is 15.3 Å². The molecule has 152 valence electrons. The first kappa shape index (κ1) is 19.4. The van der Waals surface area contributed by atoms with E-state index in [-0.39, 0.29) is 24.7 Å². The van der Waals surface area contributed by atoms with Gasteiger partial charge in [-0.25, -0.2) is 9.48 Å². The fourth-order valence-electron chi connectivity index (χ4n) is 3.17. The van der Waals surface area contributed by atoms with Crippen LogP contribution in [0.1, 0.15) is 10.4 Å². The number of benzene rings is 1. The highest BCUT2D eigenvalue weighted by Crippen LogP contribution is 2.22. The Morgan fingerprint density at radius 1 is 1.07 bits per heavy atom. The van der Waals surface area contributed by atoms with Crippen LogP contribution in [0.25, 0.3) is 16.8 Å². The Balaban J connectivity index is 1.43. The second-order valence-corrected chi connectivity index (χ2v) is 7.09. The lowest BCUT2D eigenvalue weighted by molar-refractivity contribution is 0.0951. The van der Waals surface area contributed by atoms with Crippen molar-refractivity contribution in [2.24, 2.45) is 0 Å². The molecule has 0 aliphatic heterocycles. The molecular weight excluding hydrogens is 380 g/mol. The molecular formula is C22H22N6O2. The van der Waals surface area contributed by atoms with Gasteiger partial charge in [0.25, 0.3) is 5.91 Å². The zero-order valence-electron chi connectivity index (χ0n) is 16.8. The molecule has 1 aromatic carbocycles. The normalized spacial score (nSPS) is 10.9. The van der Waals surface area contributed by atoms with Crippen LogP contribution in [0.15, 0.2) is 71.9 Å². The van der Waals surface area contributed by atoms with E-state index in [0.717, 1.165) is 16.8 Å². The molecule has 0 spiro atoms. The van der Waals surface area contributed by atoms with Crippen molar-refractivity contribution in [2.75, 3.05) is 25.5 Å². The number of nitrogens with one attached hydrogen (secondary N) is 1. The topological polar surface area (TPSA) is 84.5 Å². The molecule has 1 N–H and O–H groups in total. The standard InChI is InChI=1S/C22H22N6O2/c1-26(2)19-8-6-16(7-9-19)17-13-18(15-23-14-17)21(29)24-10-12-28-22(30)27-11-4-3-5-20(27)25-28/h3-9,11,13-15H,10,12H2,1-2H3,(H,24,29). The summed E-state index contributed by atoms with van der Waals surface area (Å²) in [6, 6.07) is 15.2. The quantitative estimate of drug-likeness (QED) is 0.534. The highest BCUT2D eigenvalue weighted by Gasteiger charge is 2.10. The van der Waals surface area contributed by atoms with E-state index in [2.05, 4.69) is 15.4 Å². The van der Waals surface area contributed by atoms with E-state index in [1.807, 2.05) is 55.4 Å². The van der Waals surface area contributed by atoms with Gasteiger partial charge in [0.1, 0.15) is 0 Å². The summed E-state index contributed by atoms with van der Waals surface area (Å²) in [6.45, 7) is 0.565. The molecule has 8 nitrogen and oxygen atoms in total. The second-order valence-electron chi connectivity index (χ2n) is 7.09. The minimum absolute atomic E-state index is 0.232. The first-order valence-corrected chi connectivity index (χ1v) is 9.58. The predicted octanol–water partition coefficient (Wildman–Crippen LogP) is 2.05. The zero-order chi connectivity index (χ0) is 21.1. The number of rotatable bonds is 6. The van der Waals surface area contributed by atoms with Crippen molar-refractivity contribution in [1.29, 1.82) is 0 Å². The molecule has 4 aromatic rings. The first-order valence-electron chi connectivity index (χ1n) is 9.58. The third-order valence-corrected chi connectivity index (χ3v) is 4.82. The van der Waals surface area contributed by atoms with Gasteiger partial charge in [-0.3, -0.25) is 14.2 Å². The van der Waals surface area contributed by atoms with Gasteiger partial charge in [-0.15, -0.1) is 5.10 Å². The molecule has 30 heavy (non-hydrogen) atoms. The van der Waals surface area contributed by atoms with E-state index in [1.54, 1.807) is 24.5 Å². The molecule has 3 heterocycles. The summed E-state index contributed by atoms with van der Waals surface area (Å²) in [6.07, 6.45) is 4.93. The summed E-state index contributed by atoms with van der Waals surface area (Å²) in [7, 11) is 3.98. The number of hydrogen-bond acceptors (Lipinski definition) is 5. The molecule has 0 aliphatic carbocycles. The molecule has 0 bridgehead atoms. The Kier molecular flexibility index (Phi) is 5.30. The highest BCUT2D eigenvalue weighted by atomic mass is 16.2. The van der Waals surface area contributed by atoms with Crippen LogP contribution in [0.4, 0.5) is 5.69 Å². The van der Waals surface area contributed by atoms with Gasteiger partial charge in [-0.05, 0) is 35.9 Å². The fourth-order valence-corrected chi connectivity index (χ4v) is 3.17. The van der Waals surface area contributed by atoms with Crippen molar-refractivity contribution in [1.82, 2.24) is 24.5 Å². The zero-order valence-corrected chi connectivity index (χ0v) is 16.8. The number of amides is 1. The molecule has 4 rings (SSSR count). The molecule has 8 heteroatoms. The van der Waals surface area contributed by atoms with Crippen molar-refractivity contribution in [3.05, 3.63) is 83.2 Å². The Bertz CT molecular complexity index is 1240. The molecule has 0 radical (unpaired) electrons. The third-order valence-electron chi connectivity index (χ3n) is 4.82. The van der Waals surface area contributed by atoms with Gasteiger partial charge in [0, 0.05) is 50.5 Å². The number of hydrogen-bond donors (Lipinski definition) is 1. The minimum Gasteiger partial charge on any atom is -0.378 e. The van der Waals surface area contributed by atoms with Gasteiger partial charge in [0.2, 0.25) is 0 Å². The summed E-state index contributed by atoms with van der Waals surface area (Å²) < 4.78 is 2.81. The Hall–Kier alpha value is -3.94. The maximum Gasteiger partial charge on any atom is 0.350 e. The Morgan fingerprint density at radius 2 is 1.87 bits per heavy atom. The summed E-state index contributed by atoms with van der Waals surface area (Å²) in [5.41, 5.74) is 3.76. The molecule has 3 aromatic heterocycles. The highest BCUT2D eigenvalue weighted by molar-refractivity contribution is 5.95. The summed E-state index contributed by atoms with van der Waals surface area (Å²) >= 11 is 0. The molecule has 0 saturated carbocycles. The van der Waals surface area contributed by atoms with E-state index in [9.17, 15) is 9.59 Å². The summed E-state index contributed by atoms with van der Waals surface area (Å²) in [5.74, 6) is -0.244. The van der Waals surface area contributed by atoms with Crippen molar-refractivity contribution < 1.29 is 4.79 Å². The van der Waals surface area contributed by atoms with Crippen LogP contribution < -0.4 is 15.9 Å². The number of carbonyl (C=O) groups excluding carboxylic acids is 1. The lowest BCUT2D eigenvalue weighted by Gasteiger charge is -2.13. The molecule has 0 aliphatic rings. The van der Waals surface area contributed by atoms with Crippen LogP contribution in [-0.4, -0.2) is 45.7 Å². The average Bonchev–Trinajstić information content (AvgIpc) is 3.09. The van der Waals surface area contributed by atoms with Gasteiger partial charge < -0.3 is 10.2 Å². The number of pyridine rings is 2. The smallest absolute Gasteiger partial charge is 0.350 e. The summed E-state index contributed by atoms with van der Waals surface area (Å²) in [4.78, 5) is 31.1. The van der Waals surface area contributed by atoms with Crippen molar-refractivity contribution in [3.8, 4) is 11.1 Å². The fraction of sp³-hybridized carbons (Fsp3) is 0.182. The predicted molar refractivity (Wildman–Crippen MR) is 116 cm³/mol. The lowest BCUT2D eigenvalue weighted by atomic mass is 10.1. The van der Waals surface area contributed by atoms with Crippen LogP contribution in [0.3, 0.4) is 0 Å². The van der Waals surface area contributed by atoms with Crippen LogP contribution in [0, 0.1) is 0 Å². The van der Waals surface area contributed by atoms with Gasteiger partial charge >= 0.3 is 5.69 Å². The van der Waals surface area contributed by atoms with Crippen molar-refractivity contribution >= 4 is 17.2 Å². The maximum absolute atomic E-state index is 12.5. The van der Waals surface area contributed by atoms with E-state index in [0.29, 0.717) is 11.2 Å². The van der Waals surface area contributed by atoms with Crippen molar-refractivity contribution in [3.63, 3.8) is 0 Å². The second kappa shape index (κ2) is 8.20. The summed E-state index contributed by atoms with van der Waals surface area (Å²) in [5, 5.41) is 7.08. The van der Waals surface area contributed by atoms with Gasteiger partial charge in [0.15, 0.2) is 5.65 Å². The van der Waals surface area contributed by atoms with Gasteiger partial charge in [-0.2, -0.15) is 0 Å². The molecule has 1 amide bonds. The number of anilines is 1. The number of fused-ring (bicyclic) bond motifs is 1. The van der Waals surface area contributed by atoms with Crippen LogP contribution >= 0.6 is 0 Å². The number of carbonyl (C=O) groups is 1. The first-order chi connectivity index (χ1) is 14.5. The maximum atomic E-state index is 12.5. The minimum atomic E-state index is -0.244. The largest absolute Gasteiger partial charge is 0.378 e. The van der Waals surface area contributed by atoms with Gasteiger partial charge in [0.05, 0.1) is 12.1 Å². The number of nitrogens with zero attached hydrogens (tertiary/aromatic N) is 5. The Morgan fingerprint density at radius 3 is 2.60 bits per heavy atom. The third kappa shape index (κ3) is 3.93. The van der Waals surface area contributed by atoms with Crippen LogP contribution in [0.5, 0.6) is 0 Å². The van der Waals surface area contributed by atoms with Crippen molar-refractivity contribution in [2.45, 2.75) is 6.54 Å². The Labute approximate surface area is 173 Å². The SMILES string of the molecule is CN(C)c1ccc(-c2cncc(C(=O)NCCn3nc4ccccn4c3=O)c2)cc1. The van der Waals surface area contributed by atoms with Crippen LogP contribution in [0.2, 0.25) is 0 Å². The monoisotopic (exact) mass is 402 g/mol. The van der Waals surface area contributed by atoms with E-state index < -0.39 is 0 Å².